The second kappa shape index (κ2) is 6.89. The molecular weight excluding hydrogens is 324 g/mol. The van der Waals surface area contributed by atoms with Crippen molar-refractivity contribution in [3.05, 3.63) is 89.5 Å². The minimum atomic E-state index is 0.576. The van der Waals surface area contributed by atoms with E-state index in [0.29, 0.717) is 11.3 Å². The predicted molar refractivity (Wildman–Crippen MR) is 103 cm³/mol. The van der Waals surface area contributed by atoms with E-state index in [1.54, 1.807) is 19.2 Å². The van der Waals surface area contributed by atoms with Crippen LogP contribution in [0.5, 0.6) is 5.75 Å². The van der Waals surface area contributed by atoms with Crippen molar-refractivity contribution in [1.29, 1.82) is 0 Å². The Balaban J connectivity index is 1.71. The van der Waals surface area contributed by atoms with Gasteiger partial charge in [-0.2, -0.15) is 0 Å². The van der Waals surface area contributed by atoms with Crippen LogP contribution in [-0.2, 0) is 6.42 Å². The molecule has 0 N–H and O–H groups in total. The first-order chi connectivity index (χ1) is 12.8. The van der Waals surface area contributed by atoms with Crippen molar-refractivity contribution in [3.8, 4) is 17.1 Å². The number of methoxy groups -OCH3 is 1. The van der Waals surface area contributed by atoms with Crippen LogP contribution >= 0.6 is 0 Å². The third kappa shape index (κ3) is 3.11. The molecule has 1 heterocycles. The molecule has 1 aromatic heterocycles. The van der Waals surface area contributed by atoms with Crippen molar-refractivity contribution in [3.63, 3.8) is 0 Å². The first-order valence-corrected chi connectivity index (χ1v) is 8.47. The van der Waals surface area contributed by atoms with Gasteiger partial charge in [0, 0.05) is 10.9 Å². The zero-order chi connectivity index (χ0) is 17.9. The van der Waals surface area contributed by atoms with Gasteiger partial charge in [-0.25, -0.2) is 0 Å². The third-order valence-electron chi connectivity index (χ3n) is 4.46. The molecule has 3 nitrogen and oxygen atoms in total. The van der Waals surface area contributed by atoms with Crippen LogP contribution in [0.15, 0.2) is 77.2 Å². The van der Waals surface area contributed by atoms with Crippen LogP contribution in [0.3, 0.4) is 0 Å². The molecule has 0 unspecified atom stereocenters. The number of aldehydes is 1. The van der Waals surface area contributed by atoms with Crippen LogP contribution in [0.25, 0.3) is 22.3 Å². The topological polar surface area (TPSA) is 39.4 Å². The Labute approximate surface area is 151 Å². The lowest BCUT2D eigenvalue weighted by atomic mass is 10.0. The Kier molecular flexibility index (Phi) is 4.28. The van der Waals surface area contributed by atoms with E-state index in [-0.39, 0.29) is 0 Å². The smallest absolute Gasteiger partial charge is 0.150 e. The van der Waals surface area contributed by atoms with Crippen molar-refractivity contribution in [2.45, 2.75) is 6.42 Å². The number of hydrogen-bond donors (Lipinski definition) is 0. The maximum atomic E-state index is 11.0. The Morgan fingerprint density at radius 3 is 2.54 bits per heavy atom. The van der Waals surface area contributed by atoms with Gasteiger partial charge in [-0.05, 0) is 47.9 Å². The molecule has 0 fully saturated rings. The monoisotopic (exact) mass is 342 g/mol. The molecule has 0 aliphatic rings. The number of hydrogen-bond acceptors (Lipinski definition) is 3. The third-order valence-corrected chi connectivity index (χ3v) is 4.46. The van der Waals surface area contributed by atoms with Gasteiger partial charge in [0.25, 0.3) is 0 Å². The van der Waals surface area contributed by atoms with Gasteiger partial charge in [0.2, 0.25) is 0 Å². The molecule has 26 heavy (non-hydrogen) atoms. The zero-order valence-electron chi connectivity index (χ0n) is 14.4. The molecule has 0 saturated carbocycles. The molecular formula is C23H18O3. The molecule has 3 heteroatoms. The minimum Gasteiger partial charge on any atom is -0.496 e. The number of ether oxygens (including phenoxy) is 1. The Morgan fingerprint density at radius 1 is 0.923 bits per heavy atom. The summed E-state index contributed by atoms with van der Waals surface area (Å²) in [5.41, 5.74) is 4.75. The van der Waals surface area contributed by atoms with Crippen molar-refractivity contribution >= 4 is 17.3 Å². The molecule has 3 aromatic carbocycles. The van der Waals surface area contributed by atoms with Gasteiger partial charge >= 0.3 is 0 Å². The highest BCUT2D eigenvalue weighted by atomic mass is 16.5. The number of carbonyl (C=O) groups excluding carboxylic acids is 1. The molecule has 0 amide bonds. The normalized spacial score (nSPS) is 10.8. The molecule has 0 aliphatic heterocycles. The summed E-state index contributed by atoms with van der Waals surface area (Å²) in [5, 5.41) is 1.05. The lowest BCUT2D eigenvalue weighted by molar-refractivity contribution is 0.112. The van der Waals surface area contributed by atoms with E-state index in [0.717, 1.165) is 35.0 Å². The maximum absolute atomic E-state index is 11.0. The summed E-state index contributed by atoms with van der Waals surface area (Å²) in [6, 6.07) is 24.0. The van der Waals surface area contributed by atoms with Gasteiger partial charge in [-0.1, -0.05) is 42.5 Å². The van der Waals surface area contributed by atoms with E-state index < -0.39 is 0 Å². The SMILES string of the molecule is COc1cc(C=O)ccc1-c1cc2cc(Cc3ccccc3)ccc2o1. The number of furan rings is 1. The highest BCUT2D eigenvalue weighted by Crippen LogP contribution is 2.35. The van der Waals surface area contributed by atoms with Crippen molar-refractivity contribution in [2.75, 3.05) is 7.11 Å². The molecule has 0 aliphatic carbocycles. The van der Waals surface area contributed by atoms with Crippen LogP contribution in [0, 0.1) is 0 Å². The number of fused-ring (bicyclic) bond motifs is 1. The molecule has 4 aromatic rings. The average molecular weight is 342 g/mol. The van der Waals surface area contributed by atoms with Gasteiger partial charge in [0.05, 0.1) is 12.7 Å². The highest BCUT2D eigenvalue weighted by molar-refractivity contribution is 5.86. The molecule has 0 atom stereocenters. The standard InChI is InChI=1S/C23H18O3/c1-25-22-13-18(15-24)7-9-20(22)23-14-19-12-17(8-10-21(19)26-23)11-16-5-3-2-4-6-16/h2-10,12-15H,11H2,1H3. The number of benzene rings is 3. The van der Waals surface area contributed by atoms with E-state index >= 15 is 0 Å². The summed E-state index contributed by atoms with van der Waals surface area (Å²) in [6.07, 6.45) is 1.69. The Hall–Kier alpha value is -3.33. The van der Waals surface area contributed by atoms with Crippen LogP contribution in [0.4, 0.5) is 0 Å². The summed E-state index contributed by atoms with van der Waals surface area (Å²) in [7, 11) is 1.59. The maximum Gasteiger partial charge on any atom is 0.150 e. The molecule has 0 bridgehead atoms. The minimum absolute atomic E-state index is 0.576. The van der Waals surface area contributed by atoms with Crippen LogP contribution in [-0.4, -0.2) is 13.4 Å². The van der Waals surface area contributed by atoms with Crippen molar-refractivity contribution < 1.29 is 13.9 Å². The summed E-state index contributed by atoms with van der Waals surface area (Å²) >= 11 is 0. The zero-order valence-corrected chi connectivity index (χ0v) is 14.4. The van der Waals surface area contributed by atoms with Crippen molar-refractivity contribution in [2.24, 2.45) is 0 Å². The largest absolute Gasteiger partial charge is 0.496 e. The predicted octanol–water partition coefficient (Wildman–Crippen LogP) is 5.51. The van der Waals surface area contributed by atoms with Gasteiger partial charge in [0.1, 0.15) is 23.4 Å². The fourth-order valence-electron chi connectivity index (χ4n) is 3.15. The first kappa shape index (κ1) is 16.2. The molecule has 4 rings (SSSR count). The quantitative estimate of drug-likeness (QED) is 0.449. The fraction of sp³-hybridized carbons (Fsp3) is 0.0870. The summed E-state index contributed by atoms with van der Waals surface area (Å²) in [5.74, 6) is 1.35. The molecule has 0 spiro atoms. The average Bonchev–Trinajstić information content (AvgIpc) is 3.11. The first-order valence-electron chi connectivity index (χ1n) is 8.47. The number of carbonyl (C=O) groups is 1. The molecule has 0 radical (unpaired) electrons. The Morgan fingerprint density at radius 2 is 1.77 bits per heavy atom. The second-order valence-electron chi connectivity index (χ2n) is 6.22. The van der Waals surface area contributed by atoms with E-state index in [1.807, 2.05) is 24.3 Å². The van der Waals surface area contributed by atoms with E-state index in [1.165, 1.54) is 11.1 Å². The lowest BCUT2D eigenvalue weighted by Crippen LogP contribution is -1.89. The molecule has 0 saturated heterocycles. The van der Waals surface area contributed by atoms with Crippen molar-refractivity contribution in [1.82, 2.24) is 0 Å². The summed E-state index contributed by atoms with van der Waals surface area (Å²) in [4.78, 5) is 11.0. The van der Waals surface area contributed by atoms with Gasteiger partial charge in [-0.15, -0.1) is 0 Å². The van der Waals surface area contributed by atoms with Crippen LogP contribution in [0.1, 0.15) is 21.5 Å². The fourth-order valence-corrected chi connectivity index (χ4v) is 3.15. The Bertz CT molecular complexity index is 1060. The van der Waals surface area contributed by atoms with E-state index in [9.17, 15) is 4.79 Å². The van der Waals surface area contributed by atoms with Crippen LogP contribution in [0.2, 0.25) is 0 Å². The molecule has 128 valence electrons. The van der Waals surface area contributed by atoms with Gasteiger partial charge in [-0.3, -0.25) is 4.79 Å². The number of rotatable bonds is 5. The second-order valence-corrected chi connectivity index (χ2v) is 6.22. The summed E-state index contributed by atoms with van der Waals surface area (Å²) < 4.78 is 11.4. The summed E-state index contributed by atoms with van der Waals surface area (Å²) in [6.45, 7) is 0. The van der Waals surface area contributed by atoms with Gasteiger partial charge < -0.3 is 9.15 Å². The lowest BCUT2D eigenvalue weighted by Gasteiger charge is -2.06. The van der Waals surface area contributed by atoms with Gasteiger partial charge in [0.15, 0.2) is 0 Å². The van der Waals surface area contributed by atoms with Crippen LogP contribution < -0.4 is 4.74 Å². The van der Waals surface area contributed by atoms with E-state index in [2.05, 4.69) is 36.4 Å². The highest BCUT2D eigenvalue weighted by Gasteiger charge is 2.12. The van der Waals surface area contributed by atoms with E-state index in [4.69, 9.17) is 9.15 Å².